The Kier molecular flexibility index (Phi) is 4.61. The van der Waals surface area contributed by atoms with Crippen LogP contribution in [0.15, 0.2) is 17.1 Å². The summed E-state index contributed by atoms with van der Waals surface area (Å²) in [6.07, 6.45) is 10.7. The average molecular weight is 341 g/mol. The van der Waals surface area contributed by atoms with E-state index in [0.29, 0.717) is 23.5 Å². The third-order valence-corrected chi connectivity index (χ3v) is 5.65. The maximum atomic E-state index is 12.5. The standard InChI is InChI=1S/C19H27N5O/c1-20-12-6-8-13(9-7-12)22-16-10-11-21-19(25)17(16)18-23-14-4-2-3-5-15(14)24-18/h10-13,20H,2-9H2,1H3,(H,23,24)(H2,21,22,25). The fourth-order valence-corrected chi connectivity index (χ4v) is 4.15. The Morgan fingerprint density at radius 1 is 1.12 bits per heavy atom. The molecule has 25 heavy (non-hydrogen) atoms. The van der Waals surface area contributed by atoms with E-state index in [4.69, 9.17) is 4.98 Å². The number of nitrogens with one attached hydrogen (secondary N) is 4. The second-order valence-electron chi connectivity index (χ2n) is 7.29. The van der Waals surface area contributed by atoms with Crippen molar-refractivity contribution in [1.82, 2.24) is 20.3 Å². The number of imidazole rings is 1. The first-order valence-electron chi connectivity index (χ1n) is 9.48. The zero-order valence-corrected chi connectivity index (χ0v) is 14.8. The van der Waals surface area contributed by atoms with Crippen molar-refractivity contribution in [2.45, 2.75) is 63.5 Å². The summed E-state index contributed by atoms with van der Waals surface area (Å²) >= 11 is 0. The highest BCUT2D eigenvalue weighted by Crippen LogP contribution is 2.29. The molecule has 2 heterocycles. The number of aromatic nitrogens is 3. The first-order chi connectivity index (χ1) is 12.2. The van der Waals surface area contributed by atoms with Crippen LogP contribution in [-0.4, -0.2) is 34.1 Å². The minimum absolute atomic E-state index is 0.0833. The number of H-pyrrole nitrogens is 2. The first-order valence-corrected chi connectivity index (χ1v) is 9.48. The molecule has 0 unspecified atom stereocenters. The van der Waals surface area contributed by atoms with Gasteiger partial charge in [0.15, 0.2) is 0 Å². The van der Waals surface area contributed by atoms with E-state index in [9.17, 15) is 4.79 Å². The molecule has 1 saturated carbocycles. The van der Waals surface area contributed by atoms with Crippen LogP contribution in [0.3, 0.4) is 0 Å². The van der Waals surface area contributed by atoms with Crippen LogP contribution >= 0.6 is 0 Å². The van der Waals surface area contributed by atoms with Crippen molar-refractivity contribution >= 4 is 5.69 Å². The molecule has 6 heteroatoms. The Morgan fingerprint density at radius 3 is 2.64 bits per heavy atom. The van der Waals surface area contributed by atoms with E-state index in [2.05, 4.69) is 20.6 Å². The monoisotopic (exact) mass is 341 g/mol. The van der Waals surface area contributed by atoms with Crippen LogP contribution in [0.2, 0.25) is 0 Å². The van der Waals surface area contributed by atoms with Crippen LogP contribution in [0.25, 0.3) is 11.4 Å². The number of nitrogens with zero attached hydrogens (tertiary/aromatic N) is 1. The smallest absolute Gasteiger partial charge is 0.261 e. The molecule has 2 aromatic rings. The number of pyridine rings is 1. The van der Waals surface area contributed by atoms with Crippen molar-refractivity contribution in [3.05, 3.63) is 34.0 Å². The zero-order valence-electron chi connectivity index (χ0n) is 14.8. The molecule has 0 spiro atoms. The number of anilines is 1. The maximum Gasteiger partial charge on any atom is 0.261 e. The molecule has 0 saturated heterocycles. The number of hydrogen-bond donors (Lipinski definition) is 4. The average Bonchev–Trinajstić information content (AvgIpc) is 3.06. The Hall–Kier alpha value is -2.08. The summed E-state index contributed by atoms with van der Waals surface area (Å²) < 4.78 is 0. The number of rotatable bonds is 4. The summed E-state index contributed by atoms with van der Waals surface area (Å²) in [5.41, 5.74) is 3.78. The van der Waals surface area contributed by atoms with Gasteiger partial charge in [0.05, 0.1) is 11.4 Å². The summed E-state index contributed by atoms with van der Waals surface area (Å²) in [6, 6.07) is 2.99. The fraction of sp³-hybridized carbons (Fsp3) is 0.579. The maximum absolute atomic E-state index is 12.5. The minimum Gasteiger partial charge on any atom is -0.382 e. The van der Waals surface area contributed by atoms with E-state index < -0.39 is 0 Å². The van der Waals surface area contributed by atoms with Crippen LogP contribution in [0.5, 0.6) is 0 Å². The normalized spacial score (nSPS) is 23.2. The van der Waals surface area contributed by atoms with Gasteiger partial charge < -0.3 is 20.6 Å². The van der Waals surface area contributed by atoms with Crippen LogP contribution in [0.4, 0.5) is 5.69 Å². The van der Waals surface area contributed by atoms with Crippen LogP contribution in [-0.2, 0) is 12.8 Å². The summed E-state index contributed by atoms with van der Waals surface area (Å²) in [7, 11) is 2.03. The first kappa shape index (κ1) is 16.4. The van der Waals surface area contributed by atoms with Gasteiger partial charge in [-0.05, 0) is 64.5 Å². The van der Waals surface area contributed by atoms with Gasteiger partial charge in [-0.15, -0.1) is 0 Å². The number of aromatic amines is 2. The predicted octanol–water partition coefficient (Wildman–Crippen LogP) is 2.59. The highest BCUT2D eigenvalue weighted by molar-refractivity contribution is 5.73. The van der Waals surface area contributed by atoms with Gasteiger partial charge in [0.2, 0.25) is 0 Å². The van der Waals surface area contributed by atoms with E-state index in [1.165, 1.54) is 31.4 Å². The molecule has 4 rings (SSSR count). The topological polar surface area (TPSA) is 85.6 Å². The largest absolute Gasteiger partial charge is 0.382 e. The number of fused-ring (bicyclic) bond motifs is 1. The van der Waals surface area contributed by atoms with Crippen molar-refractivity contribution in [3.8, 4) is 11.4 Å². The van der Waals surface area contributed by atoms with Crippen LogP contribution < -0.4 is 16.2 Å². The summed E-state index contributed by atoms with van der Waals surface area (Å²) in [5, 5.41) is 6.97. The molecular weight excluding hydrogens is 314 g/mol. The Balaban J connectivity index is 1.60. The van der Waals surface area contributed by atoms with Crippen LogP contribution in [0.1, 0.15) is 49.9 Å². The molecule has 0 radical (unpaired) electrons. The van der Waals surface area contributed by atoms with Gasteiger partial charge in [-0.2, -0.15) is 0 Å². The quantitative estimate of drug-likeness (QED) is 0.688. The molecule has 6 nitrogen and oxygen atoms in total. The predicted molar refractivity (Wildman–Crippen MR) is 100 cm³/mol. The van der Waals surface area contributed by atoms with Gasteiger partial charge in [0.1, 0.15) is 11.4 Å². The number of hydrogen-bond acceptors (Lipinski definition) is 4. The second-order valence-corrected chi connectivity index (χ2v) is 7.29. The molecule has 2 aromatic heterocycles. The van der Waals surface area contributed by atoms with Crippen molar-refractivity contribution in [1.29, 1.82) is 0 Å². The zero-order chi connectivity index (χ0) is 17.2. The SMILES string of the molecule is CNC1CCC(Nc2cc[nH]c(=O)c2-c2nc3c([nH]2)CCCC3)CC1. The van der Waals surface area contributed by atoms with Crippen molar-refractivity contribution in [3.63, 3.8) is 0 Å². The fourth-order valence-electron chi connectivity index (χ4n) is 4.15. The molecular formula is C19H27N5O. The molecule has 1 fully saturated rings. The van der Waals surface area contributed by atoms with E-state index >= 15 is 0 Å². The Morgan fingerprint density at radius 2 is 1.88 bits per heavy atom. The Bertz CT molecular complexity index is 762. The third kappa shape index (κ3) is 3.35. The lowest BCUT2D eigenvalue weighted by Crippen LogP contribution is -2.35. The van der Waals surface area contributed by atoms with Gasteiger partial charge in [0, 0.05) is 24.0 Å². The molecule has 2 aliphatic carbocycles. The van der Waals surface area contributed by atoms with Gasteiger partial charge in [-0.1, -0.05) is 0 Å². The lowest BCUT2D eigenvalue weighted by atomic mass is 9.91. The molecule has 0 aliphatic heterocycles. The van der Waals surface area contributed by atoms with Gasteiger partial charge >= 0.3 is 0 Å². The minimum atomic E-state index is -0.0833. The third-order valence-electron chi connectivity index (χ3n) is 5.65. The molecule has 0 amide bonds. The van der Waals surface area contributed by atoms with Gasteiger partial charge in [-0.3, -0.25) is 4.79 Å². The molecule has 134 valence electrons. The Labute approximate surface area is 147 Å². The van der Waals surface area contributed by atoms with Crippen molar-refractivity contribution in [2.75, 3.05) is 12.4 Å². The molecule has 2 aliphatic rings. The molecule has 0 atom stereocenters. The van der Waals surface area contributed by atoms with E-state index in [1.54, 1.807) is 6.20 Å². The van der Waals surface area contributed by atoms with Crippen molar-refractivity contribution in [2.24, 2.45) is 0 Å². The van der Waals surface area contributed by atoms with Gasteiger partial charge in [0.25, 0.3) is 5.56 Å². The second kappa shape index (κ2) is 7.04. The number of aryl methyl sites for hydroxylation is 2. The lowest BCUT2D eigenvalue weighted by Gasteiger charge is -2.29. The summed E-state index contributed by atoms with van der Waals surface area (Å²) in [4.78, 5) is 23.5. The van der Waals surface area contributed by atoms with E-state index in [-0.39, 0.29) is 5.56 Å². The highest BCUT2D eigenvalue weighted by atomic mass is 16.1. The van der Waals surface area contributed by atoms with Crippen molar-refractivity contribution < 1.29 is 0 Å². The summed E-state index contributed by atoms with van der Waals surface area (Å²) in [6.45, 7) is 0. The molecule has 0 aromatic carbocycles. The summed E-state index contributed by atoms with van der Waals surface area (Å²) in [5.74, 6) is 0.708. The lowest BCUT2D eigenvalue weighted by molar-refractivity contribution is 0.371. The highest BCUT2D eigenvalue weighted by Gasteiger charge is 2.23. The van der Waals surface area contributed by atoms with E-state index in [1.807, 2.05) is 13.1 Å². The van der Waals surface area contributed by atoms with Gasteiger partial charge in [-0.25, -0.2) is 4.98 Å². The molecule has 4 N–H and O–H groups in total. The molecule has 0 bridgehead atoms. The van der Waals surface area contributed by atoms with E-state index in [0.717, 1.165) is 37.1 Å². The van der Waals surface area contributed by atoms with Crippen LogP contribution in [0, 0.1) is 0 Å².